The number of hydrogen-bond acceptors (Lipinski definition) is 3. The van der Waals surface area contributed by atoms with Crippen LogP contribution in [0.1, 0.15) is 45.0 Å². The van der Waals surface area contributed by atoms with Crippen LogP contribution in [0.5, 0.6) is 0 Å². The Kier molecular flexibility index (Phi) is 6.71. The van der Waals surface area contributed by atoms with E-state index in [-0.39, 0.29) is 0 Å². The Morgan fingerprint density at radius 2 is 2.19 bits per heavy atom. The van der Waals surface area contributed by atoms with E-state index in [1.54, 1.807) is 0 Å². The van der Waals surface area contributed by atoms with Crippen molar-refractivity contribution in [3.8, 4) is 0 Å². The summed E-state index contributed by atoms with van der Waals surface area (Å²) in [4.78, 5) is 0. The lowest BCUT2D eigenvalue weighted by molar-refractivity contribution is 0.0315. The first-order valence-corrected chi connectivity index (χ1v) is 9.05. The van der Waals surface area contributed by atoms with E-state index in [4.69, 9.17) is 9.84 Å². The van der Waals surface area contributed by atoms with Crippen LogP contribution < -0.4 is 5.32 Å². The maximum Gasteiger partial charge on any atom is 0.0766 e. The molecular weight excluding hydrogens is 330 g/mol. The summed E-state index contributed by atoms with van der Waals surface area (Å²) in [5, 5.41) is 8.40. The van der Waals surface area contributed by atoms with E-state index in [0.29, 0.717) is 12.0 Å². The standard InChI is InChI=1S/C16H28BrN3O/c1-4-8-18-14-7-9-21-11-12(14)10-15-16(17)13(5-2)19-20(15)6-3/h12,14,18H,4-11H2,1-3H3. The first kappa shape index (κ1) is 17.0. The minimum Gasteiger partial charge on any atom is -0.381 e. The van der Waals surface area contributed by atoms with Gasteiger partial charge in [0.05, 0.1) is 22.5 Å². The molecule has 1 aliphatic heterocycles. The molecule has 120 valence electrons. The van der Waals surface area contributed by atoms with Gasteiger partial charge in [0.15, 0.2) is 0 Å². The van der Waals surface area contributed by atoms with E-state index in [0.717, 1.165) is 45.6 Å². The summed E-state index contributed by atoms with van der Waals surface area (Å²) in [6.07, 6.45) is 4.30. The van der Waals surface area contributed by atoms with Crippen molar-refractivity contribution in [1.82, 2.24) is 15.1 Å². The van der Waals surface area contributed by atoms with Crippen molar-refractivity contribution < 1.29 is 4.74 Å². The molecule has 1 fully saturated rings. The number of nitrogens with one attached hydrogen (secondary N) is 1. The summed E-state index contributed by atoms with van der Waals surface area (Å²) in [7, 11) is 0. The summed E-state index contributed by atoms with van der Waals surface area (Å²) in [5.41, 5.74) is 2.50. The Hall–Kier alpha value is -0.390. The molecule has 1 aromatic rings. The monoisotopic (exact) mass is 357 g/mol. The highest BCUT2D eigenvalue weighted by atomic mass is 79.9. The second-order valence-electron chi connectivity index (χ2n) is 5.77. The molecule has 0 amide bonds. The van der Waals surface area contributed by atoms with Crippen LogP contribution in [-0.4, -0.2) is 35.6 Å². The summed E-state index contributed by atoms with van der Waals surface area (Å²) >= 11 is 3.76. The van der Waals surface area contributed by atoms with Gasteiger partial charge < -0.3 is 10.1 Å². The fourth-order valence-corrected chi connectivity index (χ4v) is 3.78. The number of hydrogen-bond donors (Lipinski definition) is 1. The molecule has 4 nitrogen and oxygen atoms in total. The van der Waals surface area contributed by atoms with Gasteiger partial charge >= 0.3 is 0 Å². The Morgan fingerprint density at radius 1 is 1.38 bits per heavy atom. The molecular formula is C16H28BrN3O. The highest BCUT2D eigenvalue weighted by molar-refractivity contribution is 9.10. The maximum atomic E-state index is 5.73. The van der Waals surface area contributed by atoms with E-state index in [9.17, 15) is 0 Å². The molecule has 2 rings (SSSR count). The molecule has 0 bridgehead atoms. The molecule has 0 aliphatic carbocycles. The number of aromatic nitrogens is 2. The van der Waals surface area contributed by atoms with E-state index in [1.165, 1.54) is 22.3 Å². The van der Waals surface area contributed by atoms with Crippen molar-refractivity contribution in [1.29, 1.82) is 0 Å². The smallest absolute Gasteiger partial charge is 0.0766 e. The average molecular weight is 358 g/mol. The fourth-order valence-electron chi connectivity index (χ4n) is 3.06. The van der Waals surface area contributed by atoms with Gasteiger partial charge in [-0.15, -0.1) is 0 Å². The molecule has 5 heteroatoms. The third kappa shape index (κ3) is 4.08. The van der Waals surface area contributed by atoms with Crippen LogP contribution in [0, 0.1) is 5.92 Å². The Labute approximate surface area is 136 Å². The van der Waals surface area contributed by atoms with Crippen molar-refractivity contribution >= 4 is 15.9 Å². The van der Waals surface area contributed by atoms with Gasteiger partial charge in [-0.2, -0.15) is 5.10 Å². The summed E-state index contributed by atoms with van der Waals surface area (Å²) in [6.45, 7) is 10.3. The van der Waals surface area contributed by atoms with Gasteiger partial charge in [-0.25, -0.2) is 0 Å². The van der Waals surface area contributed by atoms with E-state index in [2.05, 4.69) is 46.7 Å². The molecule has 1 saturated heterocycles. The normalized spacial score (nSPS) is 22.7. The highest BCUT2D eigenvalue weighted by Gasteiger charge is 2.28. The summed E-state index contributed by atoms with van der Waals surface area (Å²) in [5.74, 6) is 0.535. The van der Waals surface area contributed by atoms with Crippen molar-refractivity contribution in [2.45, 2.75) is 59.0 Å². The molecule has 2 heterocycles. The predicted molar refractivity (Wildman–Crippen MR) is 89.7 cm³/mol. The van der Waals surface area contributed by atoms with E-state index in [1.807, 2.05) is 0 Å². The first-order chi connectivity index (χ1) is 10.2. The molecule has 0 radical (unpaired) electrons. The van der Waals surface area contributed by atoms with Gasteiger partial charge in [-0.1, -0.05) is 13.8 Å². The zero-order valence-electron chi connectivity index (χ0n) is 13.5. The zero-order chi connectivity index (χ0) is 15.2. The van der Waals surface area contributed by atoms with Crippen LogP contribution in [0.4, 0.5) is 0 Å². The molecule has 1 aromatic heterocycles. The minimum atomic E-state index is 0.535. The number of aryl methyl sites for hydroxylation is 2. The van der Waals surface area contributed by atoms with Crippen LogP contribution in [0.25, 0.3) is 0 Å². The molecule has 2 atom stereocenters. The van der Waals surface area contributed by atoms with Gasteiger partial charge in [-0.05, 0) is 55.1 Å². The van der Waals surface area contributed by atoms with Crippen molar-refractivity contribution in [2.75, 3.05) is 19.8 Å². The zero-order valence-corrected chi connectivity index (χ0v) is 15.1. The largest absolute Gasteiger partial charge is 0.381 e. The summed E-state index contributed by atoms with van der Waals surface area (Å²) in [6, 6.07) is 0.566. The Balaban J connectivity index is 2.12. The van der Waals surface area contributed by atoms with Crippen LogP contribution >= 0.6 is 15.9 Å². The lowest BCUT2D eigenvalue weighted by Crippen LogP contribution is -2.44. The van der Waals surface area contributed by atoms with Crippen LogP contribution in [0.3, 0.4) is 0 Å². The van der Waals surface area contributed by atoms with Gasteiger partial charge in [0.1, 0.15) is 0 Å². The lowest BCUT2D eigenvalue weighted by Gasteiger charge is -2.32. The van der Waals surface area contributed by atoms with Gasteiger partial charge in [0.2, 0.25) is 0 Å². The van der Waals surface area contributed by atoms with Crippen LogP contribution in [0.2, 0.25) is 0 Å². The third-order valence-electron chi connectivity index (χ3n) is 4.28. The molecule has 0 saturated carbocycles. The van der Waals surface area contributed by atoms with E-state index >= 15 is 0 Å². The number of rotatable bonds is 7. The van der Waals surface area contributed by atoms with Gasteiger partial charge in [-0.3, -0.25) is 4.68 Å². The molecule has 0 aromatic carbocycles. The first-order valence-electron chi connectivity index (χ1n) is 8.26. The van der Waals surface area contributed by atoms with Gasteiger partial charge in [0, 0.05) is 25.1 Å². The van der Waals surface area contributed by atoms with Crippen LogP contribution in [0.15, 0.2) is 4.47 Å². The van der Waals surface area contributed by atoms with E-state index < -0.39 is 0 Å². The van der Waals surface area contributed by atoms with Gasteiger partial charge in [0.25, 0.3) is 0 Å². The Bertz CT molecular complexity index is 447. The van der Waals surface area contributed by atoms with Crippen LogP contribution in [-0.2, 0) is 24.1 Å². The van der Waals surface area contributed by atoms with Crippen molar-refractivity contribution in [3.63, 3.8) is 0 Å². The molecule has 21 heavy (non-hydrogen) atoms. The quantitative estimate of drug-likeness (QED) is 0.814. The summed E-state index contributed by atoms with van der Waals surface area (Å²) < 4.78 is 9.07. The molecule has 2 unspecified atom stereocenters. The maximum absolute atomic E-state index is 5.73. The fraction of sp³-hybridized carbons (Fsp3) is 0.812. The SMILES string of the molecule is CCCNC1CCOCC1Cc1c(Br)c(CC)nn1CC. The minimum absolute atomic E-state index is 0.535. The van der Waals surface area contributed by atoms with Crippen molar-refractivity contribution in [2.24, 2.45) is 5.92 Å². The molecule has 1 aliphatic rings. The molecule has 1 N–H and O–H groups in total. The number of ether oxygens (including phenoxy) is 1. The van der Waals surface area contributed by atoms with Crippen molar-refractivity contribution in [3.05, 3.63) is 15.9 Å². The Morgan fingerprint density at radius 3 is 2.86 bits per heavy atom. The molecule has 0 spiro atoms. The predicted octanol–water partition coefficient (Wildman–Crippen LogP) is 3.18. The second-order valence-corrected chi connectivity index (χ2v) is 6.56. The third-order valence-corrected chi connectivity index (χ3v) is 5.20. The number of nitrogens with zero attached hydrogens (tertiary/aromatic N) is 2. The number of halogens is 1. The topological polar surface area (TPSA) is 39.1 Å². The second kappa shape index (κ2) is 8.30. The highest BCUT2D eigenvalue weighted by Crippen LogP contribution is 2.27. The average Bonchev–Trinajstić information content (AvgIpc) is 2.82. The lowest BCUT2D eigenvalue weighted by atomic mass is 9.91.